The molecule has 190 valence electrons. The molecule has 1 aliphatic heterocycles. The van der Waals surface area contributed by atoms with Crippen LogP contribution >= 0.6 is 11.9 Å². The molecule has 13 heteroatoms. The highest BCUT2D eigenvalue weighted by atomic mass is 32.2. The lowest BCUT2D eigenvalue weighted by Crippen LogP contribution is -2.61. The number of primary amides is 1. The van der Waals surface area contributed by atoms with Gasteiger partial charge in [-0.3, -0.25) is 10.1 Å². The SMILES string of the molecule is CCN(CCO)CCCCNC(=O)NC1(OCc2c(F)cc(C)c(F)c2F)NSC=C1C(N)=O. The number of aliphatic hydroxyl groups excluding tert-OH is 1. The van der Waals surface area contributed by atoms with E-state index >= 15 is 0 Å². The van der Waals surface area contributed by atoms with Gasteiger partial charge in [0.15, 0.2) is 11.6 Å². The normalized spacial score (nSPS) is 17.7. The number of hydrogen-bond donors (Lipinski definition) is 5. The first-order chi connectivity index (χ1) is 16.1. The lowest BCUT2D eigenvalue weighted by atomic mass is 10.1. The maximum absolute atomic E-state index is 14.3. The molecule has 1 aromatic rings. The molecule has 3 amide bonds. The summed E-state index contributed by atoms with van der Waals surface area (Å²) in [5.41, 5.74) is 4.28. The summed E-state index contributed by atoms with van der Waals surface area (Å²) in [7, 11) is 0. The average molecular weight is 506 g/mol. The van der Waals surface area contributed by atoms with Gasteiger partial charge in [-0.05, 0) is 56.4 Å². The number of carbonyl (C=O) groups is 2. The van der Waals surface area contributed by atoms with Gasteiger partial charge in [-0.15, -0.1) is 0 Å². The number of unbranched alkanes of at least 4 members (excludes halogenated alkanes) is 1. The van der Waals surface area contributed by atoms with E-state index in [0.717, 1.165) is 37.5 Å². The van der Waals surface area contributed by atoms with E-state index in [4.69, 9.17) is 15.6 Å². The summed E-state index contributed by atoms with van der Waals surface area (Å²) in [6, 6.07) is 0.104. The number of nitrogens with one attached hydrogen (secondary N) is 3. The molecule has 0 fully saturated rings. The fraction of sp³-hybridized carbons (Fsp3) is 0.524. The van der Waals surface area contributed by atoms with Gasteiger partial charge in [0.25, 0.3) is 5.91 Å². The summed E-state index contributed by atoms with van der Waals surface area (Å²) in [5, 5.41) is 15.4. The third kappa shape index (κ3) is 7.09. The number of urea groups is 1. The Labute approximate surface area is 200 Å². The molecule has 0 saturated carbocycles. The lowest BCUT2D eigenvalue weighted by molar-refractivity contribution is -0.120. The number of aryl methyl sites for hydroxylation is 1. The molecule has 34 heavy (non-hydrogen) atoms. The minimum Gasteiger partial charge on any atom is -0.395 e. The second-order valence-corrected chi connectivity index (χ2v) is 8.29. The third-order valence-electron chi connectivity index (χ3n) is 5.23. The van der Waals surface area contributed by atoms with E-state index in [1.165, 1.54) is 12.3 Å². The Morgan fingerprint density at radius 1 is 1.26 bits per heavy atom. The fourth-order valence-electron chi connectivity index (χ4n) is 3.28. The van der Waals surface area contributed by atoms with Crippen LogP contribution in [0.25, 0.3) is 0 Å². The molecule has 0 spiro atoms. The van der Waals surface area contributed by atoms with Crippen LogP contribution in [0.1, 0.15) is 30.9 Å². The molecule has 9 nitrogen and oxygen atoms in total. The molecule has 0 saturated heterocycles. The molecule has 0 aliphatic carbocycles. The highest BCUT2D eigenvalue weighted by molar-refractivity contribution is 8.00. The average Bonchev–Trinajstić information content (AvgIpc) is 3.20. The molecular weight excluding hydrogens is 475 g/mol. The van der Waals surface area contributed by atoms with Crippen molar-refractivity contribution in [3.63, 3.8) is 0 Å². The van der Waals surface area contributed by atoms with E-state index < -0.39 is 47.4 Å². The first kappa shape index (κ1) is 27.9. The Bertz CT molecular complexity index is 921. The summed E-state index contributed by atoms with van der Waals surface area (Å²) >= 11 is 0.883. The summed E-state index contributed by atoms with van der Waals surface area (Å²) < 4.78 is 50.6. The van der Waals surface area contributed by atoms with Gasteiger partial charge in [-0.1, -0.05) is 6.92 Å². The van der Waals surface area contributed by atoms with Crippen molar-refractivity contribution in [1.82, 2.24) is 20.3 Å². The van der Waals surface area contributed by atoms with Gasteiger partial charge in [0.1, 0.15) is 5.82 Å². The molecule has 1 aliphatic rings. The van der Waals surface area contributed by atoms with E-state index in [1.807, 2.05) is 6.92 Å². The lowest BCUT2D eigenvalue weighted by Gasteiger charge is -2.32. The predicted octanol–water partition coefficient (Wildman–Crippen LogP) is 1.60. The zero-order chi connectivity index (χ0) is 25.3. The van der Waals surface area contributed by atoms with E-state index in [9.17, 15) is 22.8 Å². The van der Waals surface area contributed by atoms with Gasteiger partial charge in [0.05, 0.1) is 24.4 Å². The number of nitrogens with zero attached hydrogens (tertiary/aromatic N) is 1. The Morgan fingerprint density at radius 3 is 2.65 bits per heavy atom. The van der Waals surface area contributed by atoms with Crippen molar-refractivity contribution in [2.24, 2.45) is 5.73 Å². The number of rotatable bonds is 13. The van der Waals surface area contributed by atoms with E-state index in [0.29, 0.717) is 19.5 Å². The molecule has 1 atom stereocenters. The maximum atomic E-state index is 14.3. The van der Waals surface area contributed by atoms with Crippen LogP contribution in [0.5, 0.6) is 0 Å². The Balaban J connectivity index is 2.02. The molecule has 1 aromatic carbocycles. The monoisotopic (exact) mass is 505 g/mol. The van der Waals surface area contributed by atoms with Crippen molar-refractivity contribution in [2.75, 3.05) is 32.8 Å². The van der Waals surface area contributed by atoms with Crippen molar-refractivity contribution >= 4 is 23.9 Å². The van der Waals surface area contributed by atoms with Crippen LogP contribution in [0.15, 0.2) is 17.0 Å². The smallest absolute Gasteiger partial charge is 0.318 e. The summed E-state index contributed by atoms with van der Waals surface area (Å²) in [6.07, 6.45) is 1.41. The summed E-state index contributed by atoms with van der Waals surface area (Å²) in [4.78, 5) is 26.5. The van der Waals surface area contributed by atoms with Crippen LogP contribution in [0.4, 0.5) is 18.0 Å². The van der Waals surface area contributed by atoms with Gasteiger partial charge in [0, 0.05) is 18.5 Å². The number of amides is 3. The number of aliphatic hydroxyl groups is 1. The number of hydrogen-bond acceptors (Lipinski definition) is 7. The molecule has 6 N–H and O–H groups in total. The number of ether oxygens (including phenoxy) is 1. The molecule has 0 radical (unpaired) electrons. The molecule has 1 heterocycles. The summed E-state index contributed by atoms with van der Waals surface area (Å²) in [6.45, 7) is 4.90. The second-order valence-electron chi connectivity index (χ2n) is 7.61. The number of likely N-dealkylation sites (N-methyl/N-ethyl adjacent to an activating group) is 1. The van der Waals surface area contributed by atoms with Crippen LogP contribution in [0.2, 0.25) is 0 Å². The van der Waals surface area contributed by atoms with Gasteiger partial charge in [-0.2, -0.15) is 0 Å². The van der Waals surface area contributed by atoms with Crippen molar-refractivity contribution in [3.05, 3.63) is 45.6 Å². The summed E-state index contributed by atoms with van der Waals surface area (Å²) in [5.74, 6) is -6.60. The van der Waals surface area contributed by atoms with E-state index in [1.54, 1.807) is 0 Å². The van der Waals surface area contributed by atoms with Crippen molar-refractivity contribution < 1.29 is 32.6 Å². The largest absolute Gasteiger partial charge is 0.395 e. The van der Waals surface area contributed by atoms with Crippen LogP contribution in [0.3, 0.4) is 0 Å². The van der Waals surface area contributed by atoms with Crippen LogP contribution in [-0.4, -0.2) is 60.6 Å². The minimum absolute atomic E-state index is 0.0698. The second kappa shape index (κ2) is 13.0. The molecule has 0 bridgehead atoms. The van der Waals surface area contributed by atoms with Crippen LogP contribution in [-0.2, 0) is 16.1 Å². The van der Waals surface area contributed by atoms with Crippen molar-refractivity contribution in [2.45, 2.75) is 39.1 Å². The molecule has 1 unspecified atom stereocenters. The maximum Gasteiger partial charge on any atom is 0.318 e. The van der Waals surface area contributed by atoms with E-state index in [-0.39, 0.29) is 17.7 Å². The zero-order valence-electron chi connectivity index (χ0n) is 19.1. The fourth-order valence-corrected chi connectivity index (χ4v) is 4.12. The number of nitrogens with two attached hydrogens (primary N) is 1. The zero-order valence-corrected chi connectivity index (χ0v) is 19.9. The molecule has 2 rings (SSSR count). The highest BCUT2D eigenvalue weighted by Crippen LogP contribution is 2.30. The van der Waals surface area contributed by atoms with Crippen molar-refractivity contribution in [1.29, 1.82) is 0 Å². The van der Waals surface area contributed by atoms with Crippen molar-refractivity contribution in [3.8, 4) is 0 Å². The quantitative estimate of drug-likeness (QED) is 0.119. The highest BCUT2D eigenvalue weighted by Gasteiger charge is 2.44. The number of carbonyl (C=O) groups excluding carboxylic acids is 2. The Morgan fingerprint density at radius 2 is 2.00 bits per heavy atom. The standard InChI is InChI=1S/C21H30F3N5O4S/c1-3-29(8-9-30)7-5-4-6-26-20(32)27-21(15(19(25)31)12-34-28-21)33-11-14-16(22)10-13(2)17(23)18(14)24/h10,12,28,30H,3-9,11H2,1-2H3,(H2,25,31)(H2,26,27,32). The van der Waals surface area contributed by atoms with Crippen LogP contribution in [0, 0.1) is 24.4 Å². The van der Waals surface area contributed by atoms with Gasteiger partial charge < -0.3 is 25.8 Å². The Hall–Kier alpha value is -2.32. The number of halogens is 3. The first-order valence-electron chi connectivity index (χ1n) is 10.7. The topological polar surface area (TPSA) is 129 Å². The van der Waals surface area contributed by atoms with Gasteiger partial charge in [0.2, 0.25) is 5.85 Å². The van der Waals surface area contributed by atoms with Gasteiger partial charge in [-0.25, -0.2) is 22.7 Å². The predicted molar refractivity (Wildman–Crippen MR) is 122 cm³/mol. The van der Waals surface area contributed by atoms with Gasteiger partial charge >= 0.3 is 6.03 Å². The minimum atomic E-state index is -1.99. The first-order valence-corrected chi connectivity index (χ1v) is 11.6. The van der Waals surface area contributed by atoms with E-state index in [2.05, 4.69) is 20.3 Å². The molecule has 0 aromatic heterocycles. The number of benzene rings is 1. The third-order valence-corrected chi connectivity index (χ3v) is 5.99. The van der Waals surface area contributed by atoms with Crippen LogP contribution < -0.4 is 21.1 Å². The molecular formula is C21H30F3N5O4S. The Kier molecular flexibility index (Phi) is 10.6.